The van der Waals surface area contributed by atoms with Crippen molar-refractivity contribution in [3.05, 3.63) is 47.5 Å². The first-order chi connectivity index (χ1) is 13.6. The number of hydrogen-bond acceptors (Lipinski definition) is 1. The Morgan fingerprint density at radius 2 is 1.54 bits per heavy atom. The molecule has 152 valence electrons. The van der Waals surface area contributed by atoms with E-state index in [-0.39, 0.29) is 11.7 Å². The molecule has 0 spiro atoms. The average Bonchev–Trinajstić information content (AvgIpc) is 2.73. The molecule has 2 aliphatic carbocycles. The number of rotatable bonds is 7. The van der Waals surface area contributed by atoms with E-state index in [9.17, 15) is 8.78 Å². The Morgan fingerprint density at radius 3 is 2.14 bits per heavy atom. The van der Waals surface area contributed by atoms with Gasteiger partial charge >= 0.3 is 0 Å². The minimum Gasteiger partial charge on any atom is -0.207 e. The lowest BCUT2D eigenvalue weighted by atomic mass is 9.68. The number of nitrogens with zero attached hydrogens (tertiary/aromatic N) is 1. The summed E-state index contributed by atoms with van der Waals surface area (Å²) in [5.74, 6) is 2.07. The van der Waals surface area contributed by atoms with Crippen LogP contribution in [0.3, 0.4) is 0 Å². The van der Waals surface area contributed by atoms with Crippen molar-refractivity contribution in [2.45, 2.75) is 77.0 Å². The van der Waals surface area contributed by atoms with Crippen LogP contribution in [0.5, 0.6) is 0 Å². The van der Waals surface area contributed by atoms with Crippen molar-refractivity contribution in [3.8, 4) is 6.07 Å². The van der Waals surface area contributed by atoms with Crippen molar-refractivity contribution >= 4 is 0 Å². The molecule has 0 unspecified atom stereocenters. The van der Waals surface area contributed by atoms with Crippen LogP contribution in [-0.4, -0.2) is 0 Å². The molecule has 1 aromatic rings. The predicted octanol–water partition coefficient (Wildman–Crippen LogP) is 7.53. The van der Waals surface area contributed by atoms with E-state index in [0.29, 0.717) is 0 Å². The Bertz CT molecular complexity index is 657. The highest BCUT2D eigenvalue weighted by molar-refractivity contribution is 5.16. The van der Waals surface area contributed by atoms with Gasteiger partial charge in [-0.1, -0.05) is 37.8 Å². The van der Waals surface area contributed by atoms with Crippen LogP contribution in [0.2, 0.25) is 0 Å². The molecular weight excluding hydrogens is 352 g/mol. The molecular formula is C25H33F2N. The highest BCUT2D eigenvalue weighted by atomic mass is 19.1. The van der Waals surface area contributed by atoms with E-state index in [1.807, 2.05) is 12.1 Å². The molecule has 1 nitrogen and oxygen atoms in total. The lowest BCUT2D eigenvalue weighted by Gasteiger charge is -2.37. The third kappa shape index (κ3) is 6.43. The summed E-state index contributed by atoms with van der Waals surface area (Å²) in [4.78, 5) is 0. The average molecular weight is 386 g/mol. The van der Waals surface area contributed by atoms with E-state index in [0.717, 1.165) is 37.0 Å². The molecule has 0 aliphatic heterocycles. The number of aryl methyl sites for hydroxylation is 1. The molecule has 0 N–H and O–H groups in total. The summed E-state index contributed by atoms with van der Waals surface area (Å²) in [7, 11) is 0. The SMILES string of the molecule is N#CC(F)=C[C@H]1CC[C@H]([C@H]2CC[C@H](CCCCc3ccc(F)cc3)CC2)CC1. The van der Waals surface area contributed by atoms with Crippen LogP contribution in [0.1, 0.15) is 76.2 Å². The Hall–Kier alpha value is -1.69. The number of nitriles is 1. The van der Waals surface area contributed by atoms with Crippen LogP contribution in [0.4, 0.5) is 8.78 Å². The molecule has 0 radical (unpaired) electrons. The molecule has 2 saturated carbocycles. The molecule has 28 heavy (non-hydrogen) atoms. The zero-order valence-electron chi connectivity index (χ0n) is 16.9. The zero-order valence-corrected chi connectivity index (χ0v) is 16.9. The van der Waals surface area contributed by atoms with E-state index in [2.05, 4.69) is 0 Å². The van der Waals surface area contributed by atoms with Gasteiger partial charge in [0, 0.05) is 0 Å². The molecule has 3 rings (SSSR count). The smallest absolute Gasteiger partial charge is 0.196 e. The van der Waals surface area contributed by atoms with Crippen molar-refractivity contribution in [1.29, 1.82) is 5.26 Å². The van der Waals surface area contributed by atoms with Crippen LogP contribution < -0.4 is 0 Å². The number of unbranched alkanes of at least 4 members (excludes halogenated alkanes) is 1. The Morgan fingerprint density at radius 1 is 0.929 bits per heavy atom. The summed E-state index contributed by atoms with van der Waals surface area (Å²) in [6, 6.07) is 8.52. The minimum atomic E-state index is -0.608. The Labute approximate surface area is 168 Å². The fourth-order valence-electron chi connectivity index (χ4n) is 5.39. The topological polar surface area (TPSA) is 23.8 Å². The molecule has 2 fully saturated rings. The van der Waals surface area contributed by atoms with Crippen LogP contribution >= 0.6 is 0 Å². The van der Waals surface area contributed by atoms with Gasteiger partial charge in [-0.05, 0) is 98.8 Å². The maximum atomic E-state index is 13.1. The fourth-order valence-corrected chi connectivity index (χ4v) is 5.39. The number of hydrogen-bond donors (Lipinski definition) is 0. The van der Waals surface area contributed by atoms with Crippen molar-refractivity contribution in [3.63, 3.8) is 0 Å². The first-order valence-electron chi connectivity index (χ1n) is 11.2. The maximum Gasteiger partial charge on any atom is 0.196 e. The summed E-state index contributed by atoms with van der Waals surface area (Å²) < 4.78 is 26.1. The fraction of sp³-hybridized carbons (Fsp3) is 0.640. The van der Waals surface area contributed by atoms with E-state index < -0.39 is 5.83 Å². The van der Waals surface area contributed by atoms with Crippen molar-refractivity contribution in [2.75, 3.05) is 0 Å². The van der Waals surface area contributed by atoms with Gasteiger partial charge in [0.15, 0.2) is 5.83 Å². The first kappa shape index (κ1) is 21.0. The molecule has 3 heteroatoms. The summed E-state index contributed by atoms with van der Waals surface area (Å²) in [5, 5.41) is 8.58. The van der Waals surface area contributed by atoms with Crippen LogP contribution in [0.25, 0.3) is 0 Å². The summed E-state index contributed by atoms with van der Waals surface area (Å²) in [6.07, 6.45) is 16.3. The van der Waals surface area contributed by atoms with Gasteiger partial charge in [0.25, 0.3) is 0 Å². The number of benzene rings is 1. The van der Waals surface area contributed by atoms with Gasteiger partial charge in [0.2, 0.25) is 0 Å². The summed E-state index contributed by atoms with van der Waals surface area (Å²) in [6.45, 7) is 0. The van der Waals surface area contributed by atoms with Crippen LogP contribution in [0, 0.1) is 40.8 Å². The Balaban J connectivity index is 1.29. The van der Waals surface area contributed by atoms with E-state index in [1.165, 1.54) is 63.4 Å². The molecule has 0 saturated heterocycles. The first-order valence-corrected chi connectivity index (χ1v) is 11.2. The predicted molar refractivity (Wildman–Crippen MR) is 110 cm³/mol. The van der Waals surface area contributed by atoms with Gasteiger partial charge in [-0.3, -0.25) is 0 Å². The maximum absolute atomic E-state index is 13.1. The number of halogens is 2. The molecule has 1 aromatic carbocycles. The zero-order chi connectivity index (χ0) is 19.8. The van der Waals surface area contributed by atoms with Gasteiger partial charge in [0.1, 0.15) is 11.9 Å². The standard InChI is InChI=1S/C25H33F2N/c26-24-15-9-20(10-16-24)4-2-1-3-19-5-11-22(12-6-19)23-13-7-21(8-14-23)17-25(27)18-28/h9-10,15-17,19,21-23H,1-8,11-14H2/t19-,21-,22-,23-. The van der Waals surface area contributed by atoms with Gasteiger partial charge in [-0.25, -0.2) is 4.39 Å². The van der Waals surface area contributed by atoms with Crippen molar-refractivity contribution in [1.82, 2.24) is 0 Å². The van der Waals surface area contributed by atoms with Crippen molar-refractivity contribution in [2.24, 2.45) is 23.7 Å². The summed E-state index contributed by atoms with van der Waals surface area (Å²) >= 11 is 0. The third-order valence-corrected chi connectivity index (χ3v) is 7.10. The van der Waals surface area contributed by atoms with Gasteiger partial charge in [-0.2, -0.15) is 9.65 Å². The number of allylic oxidation sites excluding steroid dienone is 2. The second-order valence-electron chi connectivity index (χ2n) is 8.95. The van der Waals surface area contributed by atoms with Crippen LogP contribution in [0.15, 0.2) is 36.2 Å². The van der Waals surface area contributed by atoms with Crippen molar-refractivity contribution < 1.29 is 8.78 Å². The molecule has 0 heterocycles. The van der Waals surface area contributed by atoms with Crippen LogP contribution in [-0.2, 0) is 6.42 Å². The normalized spacial score (nSPS) is 28.7. The lowest BCUT2D eigenvalue weighted by molar-refractivity contribution is 0.151. The molecule has 0 aromatic heterocycles. The molecule has 2 aliphatic rings. The van der Waals surface area contributed by atoms with E-state index >= 15 is 0 Å². The summed E-state index contributed by atoms with van der Waals surface area (Å²) in [5.41, 5.74) is 1.24. The largest absolute Gasteiger partial charge is 0.207 e. The second kappa shape index (κ2) is 10.7. The van der Waals surface area contributed by atoms with E-state index in [4.69, 9.17) is 5.26 Å². The van der Waals surface area contributed by atoms with Gasteiger partial charge in [0.05, 0.1) is 0 Å². The molecule has 0 atom stereocenters. The monoisotopic (exact) mass is 385 g/mol. The minimum absolute atomic E-state index is 0.153. The molecule has 0 bridgehead atoms. The highest BCUT2D eigenvalue weighted by Gasteiger charge is 2.30. The third-order valence-electron chi connectivity index (χ3n) is 7.10. The van der Waals surface area contributed by atoms with Gasteiger partial charge in [-0.15, -0.1) is 0 Å². The molecule has 0 amide bonds. The Kier molecular flexibility index (Phi) is 8.07. The van der Waals surface area contributed by atoms with Gasteiger partial charge < -0.3 is 0 Å². The lowest BCUT2D eigenvalue weighted by Crippen LogP contribution is -2.25. The second-order valence-corrected chi connectivity index (χ2v) is 8.95. The quantitative estimate of drug-likeness (QED) is 0.351. The highest BCUT2D eigenvalue weighted by Crippen LogP contribution is 2.42. The van der Waals surface area contributed by atoms with E-state index in [1.54, 1.807) is 24.3 Å².